The van der Waals surface area contributed by atoms with Gasteiger partial charge in [-0.25, -0.2) is 0 Å². The van der Waals surface area contributed by atoms with Crippen LogP contribution in [0.25, 0.3) is 0 Å². The molecule has 0 saturated carbocycles. The van der Waals surface area contributed by atoms with Crippen molar-refractivity contribution in [3.63, 3.8) is 0 Å². The highest BCUT2D eigenvalue weighted by molar-refractivity contribution is 5.93. The van der Waals surface area contributed by atoms with Gasteiger partial charge in [0, 0.05) is 11.6 Å². The first-order valence-corrected chi connectivity index (χ1v) is 5.70. The molecule has 0 spiro atoms. The molecule has 1 heterocycles. The van der Waals surface area contributed by atoms with E-state index in [4.69, 9.17) is 5.73 Å². The molecule has 0 unspecified atom stereocenters. The van der Waals surface area contributed by atoms with Gasteiger partial charge in [-0.2, -0.15) is 5.10 Å². The van der Waals surface area contributed by atoms with Gasteiger partial charge in [0.2, 0.25) is 0 Å². The van der Waals surface area contributed by atoms with E-state index < -0.39 is 0 Å². The van der Waals surface area contributed by atoms with Crippen molar-refractivity contribution in [3.8, 4) is 0 Å². The molecule has 0 saturated heterocycles. The van der Waals surface area contributed by atoms with E-state index in [1.807, 2.05) is 0 Å². The molecule has 16 heavy (non-hydrogen) atoms. The summed E-state index contributed by atoms with van der Waals surface area (Å²) < 4.78 is 0. The fourth-order valence-corrected chi connectivity index (χ4v) is 1.78. The zero-order chi connectivity index (χ0) is 12.2. The molecule has 1 aromatic heterocycles. The van der Waals surface area contributed by atoms with Crippen molar-refractivity contribution in [3.05, 3.63) is 11.8 Å². The highest BCUT2D eigenvalue weighted by Gasteiger charge is 2.26. The van der Waals surface area contributed by atoms with Gasteiger partial charge >= 0.3 is 0 Å². The quantitative estimate of drug-likeness (QED) is 0.711. The number of aromatic nitrogens is 2. The highest BCUT2D eigenvalue weighted by Crippen LogP contribution is 2.19. The summed E-state index contributed by atoms with van der Waals surface area (Å²) in [7, 11) is 0. The van der Waals surface area contributed by atoms with E-state index in [9.17, 15) is 4.79 Å². The Morgan fingerprint density at radius 2 is 2.00 bits per heavy atom. The number of nitrogens with zero attached hydrogens (tertiary/aromatic N) is 1. The molecule has 0 aliphatic rings. The van der Waals surface area contributed by atoms with E-state index in [2.05, 4.69) is 36.3 Å². The van der Waals surface area contributed by atoms with Crippen molar-refractivity contribution in [1.29, 1.82) is 0 Å². The molecule has 0 fully saturated rings. The van der Waals surface area contributed by atoms with E-state index in [0.29, 0.717) is 11.5 Å². The van der Waals surface area contributed by atoms with Crippen LogP contribution >= 0.6 is 0 Å². The van der Waals surface area contributed by atoms with Crippen molar-refractivity contribution < 1.29 is 4.79 Å². The second-order valence-corrected chi connectivity index (χ2v) is 4.00. The van der Waals surface area contributed by atoms with Crippen LogP contribution in [0.4, 0.5) is 5.82 Å². The van der Waals surface area contributed by atoms with Gasteiger partial charge < -0.3 is 11.1 Å². The molecule has 0 atom stereocenters. The number of H-pyrrole nitrogens is 1. The molecule has 0 aliphatic heterocycles. The van der Waals surface area contributed by atoms with Crippen LogP contribution < -0.4 is 11.1 Å². The minimum Gasteiger partial charge on any atom is -0.382 e. The highest BCUT2D eigenvalue weighted by atomic mass is 16.2. The lowest BCUT2D eigenvalue weighted by Gasteiger charge is -2.31. The average Bonchev–Trinajstić information content (AvgIpc) is 2.73. The smallest absolute Gasteiger partial charge is 0.269 e. The molecule has 1 rings (SSSR count). The van der Waals surface area contributed by atoms with Gasteiger partial charge in [-0.15, -0.1) is 0 Å². The monoisotopic (exact) mass is 224 g/mol. The lowest BCUT2D eigenvalue weighted by atomic mass is 9.89. The molecule has 0 bridgehead atoms. The molecular weight excluding hydrogens is 204 g/mol. The first-order valence-electron chi connectivity index (χ1n) is 5.70. The van der Waals surface area contributed by atoms with Crippen LogP contribution in [-0.2, 0) is 0 Å². The van der Waals surface area contributed by atoms with Crippen molar-refractivity contribution >= 4 is 11.7 Å². The second kappa shape index (κ2) is 5.01. The largest absolute Gasteiger partial charge is 0.382 e. The normalized spacial score (nSPS) is 11.4. The molecule has 0 aromatic carbocycles. The number of rotatable bonds is 5. The predicted octanol–water partition coefficient (Wildman–Crippen LogP) is 1.69. The third-order valence-electron chi connectivity index (χ3n) is 3.25. The third kappa shape index (κ3) is 2.53. The van der Waals surface area contributed by atoms with Gasteiger partial charge in [-0.3, -0.25) is 9.89 Å². The lowest BCUT2D eigenvalue weighted by Crippen LogP contribution is -2.47. The standard InChI is InChI=1S/C11H20N4O/c1-4-11(5-2,6-3)13-10(16)8-7-9(12)15-14-8/h7H,4-6H2,1-3H3,(H,13,16)(H3,12,14,15). The number of carbonyl (C=O) groups is 1. The van der Waals surface area contributed by atoms with Crippen LogP contribution in [0.1, 0.15) is 50.5 Å². The molecule has 90 valence electrons. The molecule has 5 heteroatoms. The lowest BCUT2D eigenvalue weighted by molar-refractivity contribution is 0.0883. The first kappa shape index (κ1) is 12.5. The van der Waals surface area contributed by atoms with Gasteiger partial charge in [0.1, 0.15) is 11.5 Å². The summed E-state index contributed by atoms with van der Waals surface area (Å²) in [4.78, 5) is 11.9. The van der Waals surface area contributed by atoms with Gasteiger partial charge in [-0.1, -0.05) is 20.8 Å². The molecule has 1 aromatic rings. The Kier molecular flexibility index (Phi) is 3.93. The first-order chi connectivity index (χ1) is 7.56. The Labute approximate surface area is 95.8 Å². The van der Waals surface area contributed by atoms with E-state index in [0.717, 1.165) is 19.3 Å². The van der Waals surface area contributed by atoms with Crippen LogP contribution in [-0.4, -0.2) is 21.6 Å². The second-order valence-electron chi connectivity index (χ2n) is 4.00. The van der Waals surface area contributed by atoms with Crippen LogP contribution in [0.15, 0.2) is 6.07 Å². The number of hydrogen-bond acceptors (Lipinski definition) is 3. The SMILES string of the molecule is CCC(CC)(CC)NC(=O)c1cc(N)n[nH]1. The maximum atomic E-state index is 11.9. The number of anilines is 1. The third-order valence-corrected chi connectivity index (χ3v) is 3.25. The zero-order valence-corrected chi connectivity index (χ0v) is 10.1. The zero-order valence-electron chi connectivity index (χ0n) is 10.1. The topological polar surface area (TPSA) is 83.8 Å². The number of nitrogens with one attached hydrogen (secondary N) is 2. The molecular formula is C11H20N4O. The van der Waals surface area contributed by atoms with Crippen LogP contribution in [0, 0.1) is 0 Å². The summed E-state index contributed by atoms with van der Waals surface area (Å²) in [5, 5.41) is 9.39. The van der Waals surface area contributed by atoms with E-state index in [1.54, 1.807) is 6.07 Å². The van der Waals surface area contributed by atoms with E-state index >= 15 is 0 Å². The van der Waals surface area contributed by atoms with Gasteiger partial charge in [0.05, 0.1) is 0 Å². The number of nitrogen functional groups attached to an aromatic ring is 1. The number of aromatic amines is 1. The van der Waals surface area contributed by atoms with E-state index in [-0.39, 0.29) is 11.4 Å². The Morgan fingerprint density at radius 3 is 2.38 bits per heavy atom. The molecule has 0 radical (unpaired) electrons. The summed E-state index contributed by atoms with van der Waals surface area (Å²) in [6.07, 6.45) is 2.74. The summed E-state index contributed by atoms with van der Waals surface area (Å²) >= 11 is 0. The van der Waals surface area contributed by atoms with Crippen molar-refractivity contribution in [1.82, 2.24) is 15.5 Å². The maximum Gasteiger partial charge on any atom is 0.269 e. The van der Waals surface area contributed by atoms with Crippen molar-refractivity contribution in [2.24, 2.45) is 0 Å². The Hall–Kier alpha value is -1.52. The number of nitrogens with two attached hydrogens (primary N) is 1. The van der Waals surface area contributed by atoms with Crippen LogP contribution in [0.5, 0.6) is 0 Å². The maximum absolute atomic E-state index is 11.9. The number of carbonyl (C=O) groups excluding carboxylic acids is 1. The average molecular weight is 224 g/mol. The number of amides is 1. The summed E-state index contributed by atoms with van der Waals surface area (Å²) in [6.45, 7) is 6.23. The Bertz CT molecular complexity index is 346. The van der Waals surface area contributed by atoms with Gasteiger partial charge in [-0.05, 0) is 19.3 Å². The Balaban J connectivity index is 2.76. The molecule has 5 nitrogen and oxygen atoms in total. The predicted molar refractivity (Wildman–Crippen MR) is 64.1 cm³/mol. The Morgan fingerprint density at radius 1 is 1.44 bits per heavy atom. The minimum atomic E-state index is -0.144. The number of hydrogen-bond donors (Lipinski definition) is 3. The van der Waals surface area contributed by atoms with Gasteiger partial charge in [0.25, 0.3) is 5.91 Å². The fraction of sp³-hybridized carbons (Fsp3) is 0.636. The molecule has 4 N–H and O–H groups in total. The van der Waals surface area contributed by atoms with Crippen molar-refractivity contribution in [2.75, 3.05) is 5.73 Å². The van der Waals surface area contributed by atoms with Crippen LogP contribution in [0.3, 0.4) is 0 Å². The fourth-order valence-electron chi connectivity index (χ4n) is 1.78. The minimum absolute atomic E-state index is 0.128. The summed E-state index contributed by atoms with van der Waals surface area (Å²) in [5.74, 6) is 0.190. The van der Waals surface area contributed by atoms with E-state index in [1.165, 1.54) is 0 Å². The molecule has 1 amide bonds. The summed E-state index contributed by atoms with van der Waals surface area (Å²) in [5.41, 5.74) is 5.74. The summed E-state index contributed by atoms with van der Waals surface area (Å²) in [6, 6.07) is 1.54. The van der Waals surface area contributed by atoms with Gasteiger partial charge in [0.15, 0.2) is 0 Å². The van der Waals surface area contributed by atoms with Crippen LogP contribution in [0.2, 0.25) is 0 Å². The van der Waals surface area contributed by atoms with Crippen molar-refractivity contribution in [2.45, 2.75) is 45.6 Å². The molecule has 0 aliphatic carbocycles.